The van der Waals surface area contributed by atoms with Crippen LogP contribution in [0.25, 0.3) is 0 Å². The van der Waals surface area contributed by atoms with Crippen molar-refractivity contribution >= 4 is 25.7 Å². The van der Waals surface area contributed by atoms with Crippen molar-refractivity contribution < 1.29 is 51.9 Å². The quantitative estimate of drug-likeness (QED) is 0.241. The molecule has 0 aromatic rings. The highest BCUT2D eigenvalue weighted by Gasteiger charge is 2.61. The minimum atomic E-state index is -4.55. The standard InChI is InChI=1S/C15H27F9O3Si3/c1-4-28(10-7-13(16,17)18)25-29(5-2,11-8-14(19,20)21)27-30(6-3,26-28)12-9-15(22,23)24/h4-12H2,1-3H3. The predicted molar refractivity (Wildman–Crippen MR) is 98.4 cm³/mol. The fourth-order valence-electron chi connectivity index (χ4n) is 3.35. The molecule has 1 saturated heterocycles. The molecule has 0 amide bonds. The van der Waals surface area contributed by atoms with Gasteiger partial charge < -0.3 is 12.3 Å². The van der Waals surface area contributed by atoms with E-state index in [1.807, 2.05) is 0 Å². The molecule has 1 rings (SSSR count). The summed E-state index contributed by atoms with van der Waals surface area (Å²) < 4.78 is 134. The SMILES string of the molecule is CC[Si]1(CCC(F)(F)F)O[Si](CC)(CCC(F)(F)F)O[Si](CC)(CCC(F)(F)F)O1. The van der Waals surface area contributed by atoms with E-state index in [0.717, 1.165) is 0 Å². The zero-order valence-corrected chi connectivity index (χ0v) is 20.0. The van der Waals surface area contributed by atoms with Crippen LogP contribution in [0.5, 0.6) is 0 Å². The van der Waals surface area contributed by atoms with E-state index < -0.39 is 81.6 Å². The second-order valence-electron chi connectivity index (χ2n) is 7.44. The maximum atomic E-state index is 12.9. The lowest BCUT2D eigenvalue weighted by Crippen LogP contribution is -2.70. The second kappa shape index (κ2) is 9.81. The summed E-state index contributed by atoms with van der Waals surface area (Å²) in [5, 5.41) is 0. The van der Waals surface area contributed by atoms with Gasteiger partial charge in [-0.2, -0.15) is 39.5 Å². The molecule has 1 aliphatic rings. The lowest BCUT2D eigenvalue weighted by molar-refractivity contribution is -0.131. The molecule has 0 bridgehead atoms. The van der Waals surface area contributed by atoms with Gasteiger partial charge in [0.25, 0.3) is 0 Å². The summed E-state index contributed by atoms with van der Waals surface area (Å²) in [5.74, 6) is 0. The second-order valence-corrected chi connectivity index (χ2v) is 19.0. The zero-order valence-electron chi connectivity index (χ0n) is 17.0. The molecular formula is C15H27F9O3Si3. The first kappa shape index (κ1) is 27.9. The van der Waals surface area contributed by atoms with Crippen LogP contribution in [0.3, 0.4) is 0 Å². The summed E-state index contributed by atoms with van der Waals surface area (Å²) in [7, 11) is -11.2. The summed E-state index contributed by atoms with van der Waals surface area (Å²) in [6.45, 7) is 4.52. The van der Waals surface area contributed by atoms with Gasteiger partial charge in [0.2, 0.25) is 0 Å². The normalized spacial score (nSPS) is 31.2. The van der Waals surface area contributed by atoms with E-state index >= 15 is 0 Å². The average Bonchev–Trinajstić information content (AvgIpc) is 2.61. The lowest BCUT2D eigenvalue weighted by atomic mass is 10.5. The van der Waals surface area contributed by atoms with Gasteiger partial charge >= 0.3 is 44.2 Å². The van der Waals surface area contributed by atoms with Crippen LogP contribution in [0.2, 0.25) is 36.3 Å². The average molecular weight is 511 g/mol. The van der Waals surface area contributed by atoms with E-state index in [1.165, 1.54) is 20.8 Å². The maximum absolute atomic E-state index is 12.9. The van der Waals surface area contributed by atoms with Gasteiger partial charge in [0, 0.05) is 19.3 Å². The summed E-state index contributed by atoms with van der Waals surface area (Å²) in [6.07, 6.45) is -17.5. The first-order valence-electron chi connectivity index (χ1n) is 9.73. The molecule has 15 heteroatoms. The molecule has 0 saturated carbocycles. The molecule has 3 nitrogen and oxygen atoms in total. The number of halogens is 9. The maximum Gasteiger partial charge on any atom is 0.389 e. The van der Waals surface area contributed by atoms with Crippen LogP contribution in [0.4, 0.5) is 39.5 Å². The van der Waals surface area contributed by atoms with Gasteiger partial charge in [0.05, 0.1) is 0 Å². The van der Waals surface area contributed by atoms with Gasteiger partial charge in [-0.3, -0.25) is 0 Å². The van der Waals surface area contributed by atoms with E-state index in [4.69, 9.17) is 12.3 Å². The predicted octanol–water partition coefficient (Wildman–Crippen LogP) is 7.29. The molecule has 180 valence electrons. The van der Waals surface area contributed by atoms with Crippen molar-refractivity contribution in [2.24, 2.45) is 0 Å². The van der Waals surface area contributed by atoms with Crippen LogP contribution >= 0.6 is 0 Å². The third-order valence-corrected chi connectivity index (χ3v) is 20.3. The van der Waals surface area contributed by atoms with Crippen LogP contribution in [0.1, 0.15) is 40.0 Å². The van der Waals surface area contributed by atoms with Crippen molar-refractivity contribution in [3.63, 3.8) is 0 Å². The van der Waals surface area contributed by atoms with E-state index in [9.17, 15) is 39.5 Å². The third-order valence-electron chi connectivity index (χ3n) is 5.10. The van der Waals surface area contributed by atoms with Crippen molar-refractivity contribution in [2.45, 2.75) is 94.8 Å². The Balaban J connectivity index is 3.33. The number of hydrogen-bond donors (Lipinski definition) is 0. The van der Waals surface area contributed by atoms with Gasteiger partial charge in [-0.05, 0) is 36.3 Å². The molecule has 30 heavy (non-hydrogen) atoms. The van der Waals surface area contributed by atoms with Crippen LogP contribution < -0.4 is 0 Å². The Morgan fingerprint density at radius 1 is 0.467 bits per heavy atom. The Hall–Kier alpha value is -0.0994. The minimum Gasteiger partial charge on any atom is -0.415 e. The van der Waals surface area contributed by atoms with Gasteiger partial charge in [0.15, 0.2) is 0 Å². The van der Waals surface area contributed by atoms with E-state index in [2.05, 4.69) is 0 Å². The highest BCUT2D eigenvalue weighted by Crippen LogP contribution is 2.46. The molecule has 0 N–H and O–H groups in total. The van der Waals surface area contributed by atoms with Crippen LogP contribution in [0, 0.1) is 0 Å². The first-order chi connectivity index (χ1) is 13.4. The van der Waals surface area contributed by atoms with Crippen LogP contribution in [-0.4, -0.2) is 44.2 Å². The molecule has 0 aromatic carbocycles. The van der Waals surface area contributed by atoms with E-state index in [1.54, 1.807) is 0 Å². The Bertz CT molecular complexity index is 470. The molecule has 0 radical (unpaired) electrons. The van der Waals surface area contributed by atoms with Crippen LogP contribution in [0.15, 0.2) is 0 Å². The number of hydrogen-bond acceptors (Lipinski definition) is 3. The van der Waals surface area contributed by atoms with Gasteiger partial charge in [-0.1, -0.05) is 20.8 Å². The Morgan fingerprint density at radius 3 is 0.800 bits per heavy atom. The van der Waals surface area contributed by atoms with Gasteiger partial charge in [0.1, 0.15) is 0 Å². The largest absolute Gasteiger partial charge is 0.415 e. The zero-order chi connectivity index (χ0) is 23.5. The highest BCUT2D eigenvalue weighted by atomic mass is 28.5. The van der Waals surface area contributed by atoms with Crippen molar-refractivity contribution in [3.05, 3.63) is 0 Å². The van der Waals surface area contributed by atoms with Crippen LogP contribution in [-0.2, 0) is 12.3 Å². The van der Waals surface area contributed by atoms with E-state index in [-0.39, 0.29) is 18.1 Å². The topological polar surface area (TPSA) is 27.7 Å². The molecule has 1 heterocycles. The van der Waals surface area contributed by atoms with Crippen molar-refractivity contribution in [3.8, 4) is 0 Å². The monoisotopic (exact) mass is 510 g/mol. The molecule has 0 aromatic heterocycles. The third kappa shape index (κ3) is 8.80. The minimum absolute atomic E-state index is 0.00598. The fraction of sp³-hybridized carbons (Fsp3) is 1.00. The highest BCUT2D eigenvalue weighted by molar-refractivity contribution is 6.94. The fourth-order valence-corrected chi connectivity index (χ4v) is 22.1. The molecule has 0 spiro atoms. The smallest absolute Gasteiger partial charge is 0.389 e. The number of alkyl halides is 9. The molecule has 0 unspecified atom stereocenters. The Morgan fingerprint density at radius 2 is 0.667 bits per heavy atom. The summed E-state index contributed by atoms with van der Waals surface area (Å²) in [6, 6.07) is -1.73. The summed E-state index contributed by atoms with van der Waals surface area (Å²) in [4.78, 5) is 0. The number of rotatable bonds is 9. The van der Waals surface area contributed by atoms with E-state index in [0.29, 0.717) is 0 Å². The Kier molecular flexibility index (Phi) is 9.13. The molecule has 0 atom stereocenters. The van der Waals surface area contributed by atoms with Crippen molar-refractivity contribution in [2.75, 3.05) is 0 Å². The summed E-state index contributed by atoms with van der Waals surface area (Å²) in [5.41, 5.74) is 0. The van der Waals surface area contributed by atoms with Crippen molar-refractivity contribution in [1.29, 1.82) is 0 Å². The molecule has 1 fully saturated rings. The Labute approximate surface area is 173 Å². The lowest BCUT2D eigenvalue weighted by Gasteiger charge is -2.53. The van der Waals surface area contributed by atoms with Gasteiger partial charge in [-0.25, -0.2) is 0 Å². The van der Waals surface area contributed by atoms with Gasteiger partial charge in [-0.15, -0.1) is 0 Å². The first-order valence-corrected chi connectivity index (χ1v) is 16.4. The molecular weight excluding hydrogens is 483 g/mol. The van der Waals surface area contributed by atoms with Crippen molar-refractivity contribution in [1.82, 2.24) is 0 Å². The molecule has 1 aliphatic heterocycles. The summed E-state index contributed by atoms with van der Waals surface area (Å²) >= 11 is 0. The molecule has 0 aliphatic carbocycles.